The largest absolute Gasteiger partial charge is 0.480 e. The first kappa shape index (κ1) is 17.9. The Morgan fingerprint density at radius 2 is 1.96 bits per heavy atom. The van der Waals surface area contributed by atoms with Crippen LogP contribution in [0.15, 0.2) is 28.7 Å². The Kier molecular flexibility index (Phi) is 5.13. The highest BCUT2D eigenvalue weighted by Crippen LogP contribution is 2.31. The summed E-state index contributed by atoms with van der Waals surface area (Å²) < 4.78 is 0.859. The fourth-order valence-corrected chi connectivity index (χ4v) is 4.05. The van der Waals surface area contributed by atoms with Gasteiger partial charge in [-0.3, -0.25) is 9.59 Å². The van der Waals surface area contributed by atoms with E-state index in [4.69, 9.17) is 0 Å². The molecule has 0 aromatic heterocycles. The summed E-state index contributed by atoms with van der Waals surface area (Å²) in [4.78, 5) is 38.3. The van der Waals surface area contributed by atoms with Crippen molar-refractivity contribution in [3.8, 4) is 0 Å². The van der Waals surface area contributed by atoms with E-state index in [0.29, 0.717) is 12.8 Å². The summed E-state index contributed by atoms with van der Waals surface area (Å²) in [6, 6.07) is 7.36. The first-order valence-electron chi connectivity index (χ1n) is 8.53. The van der Waals surface area contributed by atoms with Crippen LogP contribution < -0.4 is 10.2 Å². The van der Waals surface area contributed by atoms with Crippen molar-refractivity contribution in [2.75, 3.05) is 11.4 Å². The van der Waals surface area contributed by atoms with E-state index in [1.54, 1.807) is 4.90 Å². The number of hydrogen-bond acceptors (Lipinski definition) is 3. The number of nitrogens with one attached hydrogen (secondary N) is 1. The maximum absolute atomic E-state index is 12.6. The maximum Gasteiger partial charge on any atom is 0.329 e. The molecule has 0 radical (unpaired) electrons. The molecule has 2 N–H and O–H groups in total. The third kappa shape index (κ3) is 3.71. The Bertz CT molecular complexity index is 700. The number of carbonyl (C=O) groups excluding carboxylic acids is 2. The minimum atomic E-state index is -1.18. The van der Waals surface area contributed by atoms with Crippen molar-refractivity contribution in [3.05, 3.63) is 28.7 Å². The van der Waals surface area contributed by atoms with E-state index in [9.17, 15) is 19.5 Å². The van der Waals surface area contributed by atoms with Crippen LogP contribution in [0.1, 0.15) is 38.5 Å². The maximum atomic E-state index is 12.6. The van der Waals surface area contributed by atoms with Gasteiger partial charge in [-0.25, -0.2) is 4.79 Å². The van der Waals surface area contributed by atoms with Gasteiger partial charge in [-0.2, -0.15) is 0 Å². The van der Waals surface area contributed by atoms with Crippen molar-refractivity contribution in [1.29, 1.82) is 0 Å². The third-order valence-electron chi connectivity index (χ3n) is 5.09. The molecule has 1 aromatic rings. The van der Waals surface area contributed by atoms with Gasteiger partial charge in [-0.15, -0.1) is 0 Å². The van der Waals surface area contributed by atoms with Gasteiger partial charge in [0.1, 0.15) is 5.54 Å². The number of halogens is 1. The number of hydrogen-bond donors (Lipinski definition) is 2. The average Bonchev–Trinajstić information content (AvgIpc) is 2.97. The van der Waals surface area contributed by atoms with Gasteiger partial charge in [0, 0.05) is 23.1 Å². The average molecular weight is 409 g/mol. The molecule has 2 aliphatic rings. The van der Waals surface area contributed by atoms with Crippen molar-refractivity contribution in [2.24, 2.45) is 5.92 Å². The van der Waals surface area contributed by atoms with Gasteiger partial charge in [0.15, 0.2) is 0 Å². The Morgan fingerprint density at radius 3 is 2.60 bits per heavy atom. The predicted molar refractivity (Wildman–Crippen MR) is 96.2 cm³/mol. The van der Waals surface area contributed by atoms with Crippen LogP contribution in [-0.4, -0.2) is 35.0 Å². The van der Waals surface area contributed by atoms with E-state index in [1.165, 1.54) is 0 Å². The minimum Gasteiger partial charge on any atom is -0.480 e. The van der Waals surface area contributed by atoms with Crippen LogP contribution in [-0.2, 0) is 14.4 Å². The molecule has 6 nitrogen and oxygen atoms in total. The quantitative estimate of drug-likeness (QED) is 0.801. The van der Waals surface area contributed by atoms with E-state index in [0.717, 1.165) is 29.4 Å². The number of carboxylic acid groups (broad SMARTS) is 1. The van der Waals surface area contributed by atoms with Gasteiger partial charge >= 0.3 is 5.97 Å². The van der Waals surface area contributed by atoms with Gasteiger partial charge in [0.2, 0.25) is 11.8 Å². The number of anilines is 1. The lowest BCUT2D eigenvalue weighted by molar-refractivity contribution is -0.149. The molecule has 1 heterocycles. The van der Waals surface area contributed by atoms with Crippen molar-refractivity contribution >= 4 is 39.4 Å². The zero-order valence-corrected chi connectivity index (χ0v) is 15.4. The number of carbonyl (C=O) groups is 3. The molecule has 1 saturated heterocycles. The molecule has 0 bridgehead atoms. The molecule has 0 spiro atoms. The monoisotopic (exact) mass is 408 g/mol. The molecule has 1 atom stereocenters. The molecular formula is C18H21BrN2O4. The second-order valence-corrected chi connectivity index (χ2v) is 7.74. The van der Waals surface area contributed by atoms with Gasteiger partial charge in [0.05, 0.1) is 5.92 Å². The Hall–Kier alpha value is -1.89. The summed E-state index contributed by atoms with van der Waals surface area (Å²) in [5.41, 5.74) is -0.443. The molecule has 2 fully saturated rings. The van der Waals surface area contributed by atoms with Crippen molar-refractivity contribution in [3.63, 3.8) is 0 Å². The first-order chi connectivity index (χ1) is 11.9. The van der Waals surface area contributed by atoms with Crippen molar-refractivity contribution < 1.29 is 19.5 Å². The smallest absolute Gasteiger partial charge is 0.329 e. The topological polar surface area (TPSA) is 86.7 Å². The van der Waals surface area contributed by atoms with E-state index in [-0.39, 0.29) is 24.8 Å². The second-order valence-electron chi connectivity index (χ2n) is 6.82. The highest BCUT2D eigenvalue weighted by Gasteiger charge is 2.44. The van der Waals surface area contributed by atoms with Crippen LogP contribution in [0.4, 0.5) is 5.69 Å². The molecule has 1 aliphatic carbocycles. The lowest BCUT2D eigenvalue weighted by Crippen LogP contribution is -2.57. The summed E-state index contributed by atoms with van der Waals surface area (Å²) in [5, 5.41) is 12.3. The Labute approximate surface area is 154 Å². The Morgan fingerprint density at radius 1 is 1.24 bits per heavy atom. The zero-order chi connectivity index (χ0) is 18.0. The lowest BCUT2D eigenvalue weighted by Gasteiger charge is -2.34. The molecule has 1 aliphatic heterocycles. The fourth-order valence-electron chi connectivity index (χ4n) is 3.66. The minimum absolute atomic E-state index is 0.105. The van der Waals surface area contributed by atoms with Crippen LogP contribution in [0, 0.1) is 5.92 Å². The summed E-state index contributed by atoms with van der Waals surface area (Å²) in [5.74, 6) is -1.96. The van der Waals surface area contributed by atoms with E-state index in [2.05, 4.69) is 21.2 Å². The predicted octanol–water partition coefficient (Wildman–Crippen LogP) is 2.71. The summed E-state index contributed by atoms with van der Waals surface area (Å²) in [6.07, 6.45) is 3.58. The van der Waals surface area contributed by atoms with Crippen LogP contribution in [0.5, 0.6) is 0 Å². The van der Waals surface area contributed by atoms with E-state index < -0.39 is 17.4 Å². The number of carboxylic acids is 1. The number of nitrogens with zero attached hydrogens (tertiary/aromatic N) is 1. The van der Waals surface area contributed by atoms with Crippen molar-refractivity contribution in [2.45, 2.75) is 44.1 Å². The highest BCUT2D eigenvalue weighted by atomic mass is 79.9. The number of benzene rings is 1. The Balaban J connectivity index is 1.71. The molecule has 0 unspecified atom stereocenters. The van der Waals surface area contributed by atoms with Crippen LogP contribution in [0.3, 0.4) is 0 Å². The fraction of sp³-hybridized carbons (Fsp3) is 0.500. The zero-order valence-electron chi connectivity index (χ0n) is 13.8. The number of rotatable bonds is 4. The molecular weight excluding hydrogens is 388 g/mol. The summed E-state index contributed by atoms with van der Waals surface area (Å²) in [7, 11) is 0. The van der Waals surface area contributed by atoms with E-state index >= 15 is 0 Å². The normalized spacial score (nSPS) is 22.7. The van der Waals surface area contributed by atoms with Gasteiger partial charge in [-0.05, 0) is 31.0 Å². The number of amides is 2. The lowest BCUT2D eigenvalue weighted by atomic mass is 9.81. The van der Waals surface area contributed by atoms with Gasteiger partial charge in [0.25, 0.3) is 0 Å². The van der Waals surface area contributed by atoms with Gasteiger partial charge < -0.3 is 15.3 Å². The molecule has 2 amide bonds. The van der Waals surface area contributed by atoms with E-state index in [1.807, 2.05) is 24.3 Å². The summed E-state index contributed by atoms with van der Waals surface area (Å²) >= 11 is 3.38. The highest BCUT2D eigenvalue weighted by molar-refractivity contribution is 9.10. The molecule has 3 rings (SSSR count). The number of aliphatic carboxylic acids is 1. The second kappa shape index (κ2) is 7.15. The van der Waals surface area contributed by atoms with Crippen molar-refractivity contribution in [1.82, 2.24) is 5.32 Å². The molecule has 7 heteroatoms. The van der Waals surface area contributed by atoms with Crippen LogP contribution in [0.25, 0.3) is 0 Å². The van der Waals surface area contributed by atoms with Gasteiger partial charge in [-0.1, -0.05) is 41.3 Å². The molecule has 25 heavy (non-hydrogen) atoms. The SMILES string of the molecule is O=C(NC1(C(=O)O)CCCCC1)[C@@H]1CC(=O)N(c2cccc(Br)c2)C1. The van der Waals surface area contributed by atoms with Crippen LogP contribution >= 0.6 is 15.9 Å². The third-order valence-corrected chi connectivity index (χ3v) is 5.59. The molecule has 134 valence electrons. The van der Waals surface area contributed by atoms with Crippen LogP contribution in [0.2, 0.25) is 0 Å². The standard InChI is InChI=1S/C18H21BrN2O4/c19-13-5-4-6-14(10-13)21-11-12(9-15(21)22)16(23)20-18(17(24)25)7-2-1-3-8-18/h4-6,10,12H,1-3,7-9,11H2,(H,20,23)(H,24,25)/t12-/m1/s1. The summed E-state index contributed by atoms with van der Waals surface area (Å²) in [6.45, 7) is 0.275. The molecule has 1 aromatic carbocycles. The first-order valence-corrected chi connectivity index (χ1v) is 9.32. The molecule has 1 saturated carbocycles.